The van der Waals surface area contributed by atoms with Crippen molar-refractivity contribution in [2.45, 2.75) is 25.4 Å². The molecule has 1 aliphatic heterocycles. The van der Waals surface area contributed by atoms with Crippen LogP contribution in [0.4, 0.5) is 0 Å². The molecular weight excluding hydrogens is 208 g/mol. The maximum atomic E-state index is 5.93. The zero-order chi connectivity index (χ0) is 10.5. The van der Waals surface area contributed by atoms with Gasteiger partial charge in [-0.1, -0.05) is 23.7 Å². The number of nitrogens with one attached hydrogen (secondary N) is 2. The van der Waals surface area contributed by atoms with Crippen LogP contribution in [0, 0.1) is 0 Å². The first-order valence-electron chi connectivity index (χ1n) is 5.53. The smallest absolute Gasteiger partial charge is 0.0409 e. The predicted molar refractivity (Wildman–Crippen MR) is 64.2 cm³/mol. The molecule has 1 saturated heterocycles. The van der Waals surface area contributed by atoms with Crippen LogP contribution >= 0.6 is 11.6 Å². The molecule has 0 bridgehead atoms. The number of hydrogen-bond acceptors (Lipinski definition) is 2. The van der Waals surface area contributed by atoms with Crippen molar-refractivity contribution in [1.29, 1.82) is 0 Å². The summed E-state index contributed by atoms with van der Waals surface area (Å²) in [5.41, 5.74) is 1.26. The number of benzene rings is 1. The van der Waals surface area contributed by atoms with Crippen molar-refractivity contribution < 1.29 is 0 Å². The van der Waals surface area contributed by atoms with Gasteiger partial charge in [0, 0.05) is 24.2 Å². The van der Waals surface area contributed by atoms with Gasteiger partial charge in [0.25, 0.3) is 0 Å². The molecule has 2 rings (SSSR count). The van der Waals surface area contributed by atoms with Gasteiger partial charge in [-0.2, -0.15) is 0 Å². The molecule has 82 valence electrons. The van der Waals surface area contributed by atoms with Crippen LogP contribution in [0.15, 0.2) is 24.3 Å². The molecule has 2 nitrogen and oxygen atoms in total. The average molecular weight is 225 g/mol. The molecule has 1 unspecified atom stereocenters. The summed E-state index contributed by atoms with van der Waals surface area (Å²) in [6.45, 7) is 3.16. The lowest BCUT2D eigenvalue weighted by atomic mass is 10.1. The summed E-state index contributed by atoms with van der Waals surface area (Å²) in [5.74, 6) is 0. The quantitative estimate of drug-likeness (QED) is 0.823. The Bertz CT molecular complexity index is 308. The summed E-state index contributed by atoms with van der Waals surface area (Å²) in [6, 6.07) is 8.64. The molecule has 1 aromatic carbocycles. The van der Waals surface area contributed by atoms with Gasteiger partial charge in [0.05, 0.1) is 0 Å². The number of hydrogen-bond donors (Lipinski definition) is 2. The molecule has 0 saturated carbocycles. The van der Waals surface area contributed by atoms with Crippen molar-refractivity contribution >= 4 is 11.6 Å². The van der Waals surface area contributed by atoms with Crippen molar-refractivity contribution in [3.8, 4) is 0 Å². The molecule has 0 aromatic heterocycles. The Hall–Kier alpha value is -0.570. The van der Waals surface area contributed by atoms with E-state index in [1.54, 1.807) is 0 Å². The van der Waals surface area contributed by atoms with E-state index in [-0.39, 0.29) is 0 Å². The summed E-state index contributed by atoms with van der Waals surface area (Å²) in [5, 5.41) is 7.75. The second-order valence-electron chi connectivity index (χ2n) is 4.05. The van der Waals surface area contributed by atoms with Crippen LogP contribution in [0.5, 0.6) is 0 Å². The Balaban J connectivity index is 1.81. The van der Waals surface area contributed by atoms with Gasteiger partial charge in [-0.05, 0) is 37.1 Å². The third kappa shape index (κ3) is 3.49. The van der Waals surface area contributed by atoms with E-state index in [4.69, 9.17) is 11.6 Å². The third-order valence-corrected chi connectivity index (χ3v) is 3.02. The molecule has 1 atom stereocenters. The zero-order valence-corrected chi connectivity index (χ0v) is 9.56. The summed E-state index contributed by atoms with van der Waals surface area (Å²) in [7, 11) is 0. The molecule has 0 spiro atoms. The lowest BCUT2D eigenvalue weighted by Gasteiger charge is -2.23. The molecular formula is C12H17ClN2. The molecule has 15 heavy (non-hydrogen) atoms. The van der Waals surface area contributed by atoms with Crippen molar-refractivity contribution in [1.82, 2.24) is 10.6 Å². The lowest BCUT2D eigenvalue weighted by Crippen LogP contribution is -2.42. The van der Waals surface area contributed by atoms with E-state index in [2.05, 4.69) is 16.7 Å². The van der Waals surface area contributed by atoms with Crippen molar-refractivity contribution in [2.24, 2.45) is 0 Å². The molecule has 2 N–H and O–H groups in total. The first kappa shape index (κ1) is 10.9. The topological polar surface area (TPSA) is 24.1 Å². The van der Waals surface area contributed by atoms with Gasteiger partial charge in [-0.15, -0.1) is 0 Å². The first-order valence-corrected chi connectivity index (χ1v) is 5.91. The van der Waals surface area contributed by atoms with Crippen LogP contribution in [0.3, 0.4) is 0 Å². The minimum absolute atomic E-state index is 0.609. The van der Waals surface area contributed by atoms with E-state index in [1.807, 2.05) is 18.2 Å². The fourth-order valence-electron chi connectivity index (χ4n) is 1.94. The summed E-state index contributed by atoms with van der Waals surface area (Å²) < 4.78 is 0. The maximum Gasteiger partial charge on any atom is 0.0409 e. The highest BCUT2D eigenvalue weighted by Gasteiger charge is 2.11. The van der Waals surface area contributed by atoms with E-state index >= 15 is 0 Å². The van der Waals surface area contributed by atoms with Gasteiger partial charge in [0.2, 0.25) is 0 Å². The van der Waals surface area contributed by atoms with Crippen LogP contribution in [0.25, 0.3) is 0 Å². The van der Waals surface area contributed by atoms with Gasteiger partial charge in [0.15, 0.2) is 0 Å². The summed E-state index contributed by atoms with van der Waals surface area (Å²) >= 11 is 5.93. The molecule has 0 amide bonds. The number of rotatable bonds is 3. The second kappa shape index (κ2) is 5.50. The molecule has 0 aliphatic carbocycles. The van der Waals surface area contributed by atoms with Crippen LogP contribution < -0.4 is 10.6 Å². The van der Waals surface area contributed by atoms with E-state index in [9.17, 15) is 0 Å². The highest BCUT2D eigenvalue weighted by molar-refractivity contribution is 6.30. The van der Waals surface area contributed by atoms with Crippen molar-refractivity contribution in [3.63, 3.8) is 0 Å². The Morgan fingerprint density at radius 3 is 3.13 bits per heavy atom. The Morgan fingerprint density at radius 1 is 1.47 bits per heavy atom. The SMILES string of the molecule is Clc1cccc(CNC2CCCNC2)c1. The monoisotopic (exact) mass is 224 g/mol. The minimum Gasteiger partial charge on any atom is -0.315 e. The lowest BCUT2D eigenvalue weighted by molar-refractivity contribution is 0.389. The molecule has 0 radical (unpaired) electrons. The fraction of sp³-hybridized carbons (Fsp3) is 0.500. The van der Waals surface area contributed by atoms with Crippen molar-refractivity contribution in [2.75, 3.05) is 13.1 Å². The first-order chi connectivity index (χ1) is 7.34. The molecule has 1 heterocycles. The summed E-state index contributed by atoms with van der Waals surface area (Å²) in [6.07, 6.45) is 2.54. The molecule has 1 aromatic rings. The van der Waals surface area contributed by atoms with E-state index in [0.29, 0.717) is 6.04 Å². The van der Waals surface area contributed by atoms with E-state index < -0.39 is 0 Å². The van der Waals surface area contributed by atoms with Gasteiger partial charge in [-0.25, -0.2) is 0 Å². The highest BCUT2D eigenvalue weighted by Crippen LogP contribution is 2.11. The summed E-state index contributed by atoms with van der Waals surface area (Å²) in [4.78, 5) is 0. The van der Waals surface area contributed by atoms with Gasteiger partial charge < -0.3 is 10.6 Å². The number of halogens is 1. The zero-order valence-electron chi connectivity index (χ0n) is 8.80. The number of piperidine rings is 1. The van der Waals surface area contributed by atoms with Crippen LogP contribution in [0.1, 0.15) is 18.4 Å². The average Bonchev–Trinajstić information content (AvgIpc) is 2.28. The van der Waals surface area contributed by atoms with Crippen LogP contribution in [-0.2, 0) is 6.54 Å². The Morgan fingerprint density at radius 2 is 2.40 bits per heavy atom. The molecule has 3 heteroatoms. The molecule has 1 fully saturated rings. The van der Waals surface area contributed by atoms with Gasteiger partial charge >= 0.3 is 0 Å². The van der Waals surface area contributed by atoms with Crippen LogP contribution in [-0.4, -0.2) is 19.1 Å². The minimum atomic E-state index is 0.609. The highest BCUT2D eigenvalue weighted by atomic mass is 35.5. The van der Waals surface area contributed by atoms with Crippen molar-refractivity contribution in [3.05, 3.63) is 34.9 Å². The normalized spacial score (nSPS) is 21.5. The fourth-order valence-corrected chi connectivity index (χ4v) is 2.15. The Labute approximate surface area is 96.0 Å². The Kier molecular flexibility index (Phi) is 4.01. The van der Waals surface area contributed by atoms with Gasteiger partial charge in [0.1, 0.15) is 0 Å². The standard InChI is InChI=1S/C12H17ClN2/c13-11-4-1-3-10(7-11)8-15-12-5-2-6-14-9-12/h1,3-4,7,12,14-15H,2,5-6,8-9H2. The molecule has 1 aliphatic rings. The largest absolute Gasteiger partial charge is 0.315 e. The maximum absolute atomic E-state index is 5.93. The third-order valence-electron chi connectivity index (χ3n) is 2.78. The van der Waals surface area contributed by atoms with Gasteiger partial charge in [-0.3, -0.25) is 0 Å². The van der Waals surface area contributed by atoms with E-state index in [1.165, 1.54) is 18.4 Å². The predicted octanol–water partition coefficient (Wildman–Crippen LogP) is 2.18. The van der Waals surface area contributed by atoms with Crippen LogP contribution in [0.2, 0.25) is 5.02 Å². The second-order valence-corrected chi connectivity index (χ2v) is 4.49. The van der Waals surface area contributed by atoms with E-state index in [0.717, 1.165) is 24.7 Å².